The second-order valence-electron chi connectivity index (χ2n) is 26.7. The first-order chi connectivity index (χ1) is 57.4. The summed E-state index contributed by atoms with van der Waals surface area (Å²) in [6.45, 7) is 6.21. The number of thiocarbonyl (C=S) groups is 1. The van der Waals surface area contributed by atoms with E-state index >= 15 is 4.39 Å². The van der Waals surface area contributed by atoms with E-state index in [1.165, 1.54) is 16.7 Å². The number of fused-ring (bicyclic) bond motifs is 2. The molecule has 3 aliphatic rings. The maximum absolute atomic E-state index is 15.5. The Balaban J connectivity index is 0.000000158. The summed E-state index contributed by atoms with van der Waals surface area (Å²) in [6, 6.07) is 47.1. The van der Waals surface area contributed by atoms with Crippen molar-refractivity contribution in [1.82, 2.24) is 50.8 Å². The molecule has 0 saturated heterocycles. The number of nitrogens with two attached hydrogens (primary N) is 1. The predicted molar refractivity (Wildman–Crippen MR) is 468 cm³/mol. The van der Waals surface area contributed by atoms with Gasteiger partial charge >= 0.3 is 24.2 Å². The number of halogens is 13. The van der Waals surface area contributed by atoms with Gasteiger partial charge in [0.2, 0.25) is 17.3 Å². The number of nitriles is 1. The van der Waals surface area contributed by atoms with Crippen LogP contribution in [0.5, 0.6) is 11.5 Å². The van der Waals surface area contributed by atoms with E-state index in [1.807, 2.05) is 74.5 Å². The van der Waals surface area contributed by atoms with Gasteiger partial charge in [-0.25, -0.2) is 13.6 Å². The standard InChI is InChI=1S/C18H11BrF6N4S.C17H13N7O.C16H9ClF4O2.C15H14N2O2.C13H11FN2.HNS8/c19-13-2-1-10(15(8-13)16-26-28-29-27-16)6-14(30)5-9-3-11(17(20,21)22)7-12(4-9)18(23,24)25;25-16(13-5-7-14(8-6-13)17-20-23-24-21-17)9-11-1-3-12(4-2-11)15-10-18-22-19-15;17-10-2-4-13(22)12(7-10)15(18)11-3-1-9(16(19,20)21)5-8(11)6-14(15)23;1-9-3-5-12-11(7-9)16-15(19)17(12)13-8-10(2)4-6-14(13)18;1-8-10(6-13(16)11(8)7-15)9-4-2-3-5-12(9)14;2-1-8(3,4)9(5,6)7/h1-4,7-8H,5-6H2,(H,26,27,28,29);1-8H,9-10H2,(H,20,21,23,24);1-5,7,22H,6H2;3-8,18H,1-2H3,(H,16,19);2-5H,6,16H2,1H3;(H,5,6,7)/t;;15-;;;/m..0.../s1. The molecule has 0 spiro atoms. The SMILES string of the molecule is CC1=C(c2ccccc2F)CC(N)=C1C#N.Cc1ccc(O)c(-n2c(=O)[nH]c3cc(C)ccc32)c1.FC(F)(F)c1cc(CC(=S)Cc2ccc(Br)cc2-c2nn[nH]n2)cc(C(F)(F)F)c1.O=C(Cc1ccc(C2=NN=NC2)cc1)c1ccc(-c2nn[nH]n2)cc1.O=C1Cc2cc(C(F)(F)F)ccc2[C@]1(F)c1cc(Cl)ccc1O.S=NS(=S)(=S)S(=S)(=S)S. The summed E-state index contributed by atoms with van der Waals surface area (Å²) in [4.78, 5) is 39.8. The molecule has 0 radical (unpaired) electrons. The van der Waals surface area contributed by atoms with Crippen LogP contribution in [0.25, 0.3) is 45.1 Å². The molecule has 0 amide bonds. The van der Waals surface area contributed by atoms with Gasteiger partial charge in [0.1, 0.15) is 29.9 Å². The second kappa shape index (κ2) is 39.3. The van der Waals surface area contributed by atoms with Crippen molar-refractivity contribution < 1.29 is 68.1 Å². The first-order valence-electron chi connectivity index (χ1n) is 34.9. The van der Waals surface area contributed by atoms with E-state index in [2.05, 4.69) is 112 Å². The molecule has 9 aromatic carbocycles. The Labute approximate surface area is 734 Å². The molecule has 12 aromatic rings. The number of hydrogen-bond acceptors (Lipinski definition) is 22. The molecule has 1 atom stereocenters. The number of aryl methyl sites for hydroxylation is 2. The Morgan fingerprint density at radius 1 is 0.697 bits per heavy atom. The van der Waals surface area contributed by atoms with Crippen molar-refractivity contribution in [3.63, 3.8) is 0 Å². The molecule has 630 valence electrons. The van der Waals surface area contributed by atoms with E-state index in [0.717, 1.165) is 84.4 Å². The minimum Gasteiger partial charge on any atom is -0.508 e. The first-order valence-corrected chi connectivity index (χ1v) is 45.4. The number of ketones is 2. The zero-order valence-electron chi connectivity index (χ0n) is 62.8. The third kappa shape index (κ3) is 23.0. The van der Waals surface area contributed by atoms with Gasteiger partial charge in [-0.3, -0.25) is 14.2 Å². The van der Waals surface area contributed by atoms with Gasteiger partial charge in [-0.05, 0) is 222 Å². The molecule has 3 aromatic heterocycles. The van der Waals surface area contributed by atoms with Gasteiger partial charge in [-0.2, -0.15) is 60.3 Å². The number of carbonyl (C=O) groups excluding carboxylic acids is 2. The molecule has 21 nitrogen and oxygen atoms in total. The lowest BCUT2D eigenvalue weighted by molar-refractivity contribution is -0.143. The van der Waals surface area contributed by atoms with Crippen LogP contribution in [0.15, 0.2) is 227 Å². The molecular formula is C79H59BrClF11N16O5S9. The van der Waals surface area contributed by atoms with Crippen LogP contribution in [-0.4, -0.2) is 89.7 Å². The van der Waals surface area contributed by atoms with Gasteiger partial charge in [0, 0.05) is 90.8 Å². The van der Waals surface area contributed by atoms with Gasteiger partial charge < -0.3 is 20.9 Å². The van der Waals surface area contributed by atoms with E-state index in [1.54, 1.807) is 67.6 Å². The van der Waals surface area contributed by atoms with E-state index in [4.69, 9.17) is 79.6 Å². The first kappa shape index (κ1) is 93.7. The number of Topliss-reactive ketones (excluding diaryl/α,β-unsaturated/α-hetero) is 2. The highest BCUT2D eigenvalue weighted by molar-refractivity contribution is 9.29. The molecule has 2 aliphatic carbocycles. The van der Waals surface area contributed by atoms with E-state index < -0.39 is 70.4 Å². The number of hydrogen-bond donors (Lipinski definition) is 7. The number of aromatic nitrogens is 10. The van der Waals surface area contributed by atoms with E-state index in [-0.39, 0.29) is 79.9 Å². The Bertz CT molecular complexity index is 6480. The number of aromatic hydroxyl groups is 2. The van der Waals surface area contributed by atoms with Crippen molar-refractivity contribution in [2.45, 2.75) is 77.1 Å². The molecule has 7 N–H and O–H groups in total. The van der Waals surface area contributed by atoms with Crippen molar-refractivity contribution in [1.29, 1.82) is 5.26 Å². The summed E-state index contributed by atoms with van der Waals surface area (Å²) >= 11 is 41.6. The van der Waals surface area contributed by atoms with E-state index in [9.17, 15) is 68.5 Å². The summed E-state index contributed by atoms with van der Waals surface area (Å²) in [5, 5.41) is 65.6. The summed E-state index contributed by atoms with van der Waals surface area (Å²) in [5.41, 5.74) is 11.0. The zero-order chi connectivity index (χ0) is 89.1. The molecule has 0 saturated carbocycles. The van der Waals surface area contributed by atoms with Crippen LogP contribution in [0.1, 0.15) is 96.0 Å². The van der Waals surface area contributed by atoms with Gasteiger partial charge in [0.15, 0.2) is 11.6 Å². The molecule has 0 bridgehead atoms. The minimum absolute atomic E-state index is 0.0494. The van der Waals surface area contributed by atoms with Gasteiger partial charge in [-0.15, -0.1) is 29.3 Å². The van der Waals surface area contributed by atoms with Crippen molar-refractivity contribution in [2.75, 3.05) is 6.54 Å². The van der Waals surface area contributed by atoms with E-state index in [0.29, 0.717) is 82.6 Å². The average molecular weight is 1930 g/mol. The Kier molecular flexibility index (Phi) is 30.2. The molecule has 0 fully saturated rings. The number of alkyl halides is 10. The lowest BCUT2D eigenvalue weighted by Crippen LogP contribution is -2.28. The fraction of sp³-hybridized carbons (Fsp3) is 0.165. The van der Waals surface area contributed by atoms with Gasteiger partial charge in [-0.1, -0.05) is 142 Å². The summed E-state index contributed by atoms with van der Waals surface area (Å²) in [5.74, 6) is -0.772. The zero-order valence-corrected chi connectivity index (χ0v) is 72.5. The normalized spacial score (nSPS) is 14.3. The second-order valence-corrected chi connectivity index (χ2v) is 47.4. The number of carbonyl (C=O) groups is 2. The maximum Gasteiger partial charge on any atom is 0.416 e. The van der Waals surface area contributed by atoms with Crippen molar-refractivity contribution >= 4 is 159 Å². The summed E-state index contributed by atoms with van der Waals surface area (Å²) in [7, 11) is 0. The summed E-state index contributed by atoms with van der Waals surface area (Å²) in [6.07, 6.45) is -16.3. The van der Waals surface area contributed by atoms with Crippen LogP contribution in [0.2, 0.25) is 5.02 Å². The third-order valence-electron chi connectivity index (χ3n) is 18.3. The average Bonchev–Trinajstić information content (AvgIpc) is 1.57. The van der Waals surface area contributed by atoms with Crippen molar-refractivity contribution in [3.05, 3.63) is 303 Å². The Morgan fingerprint density at radius 2 is 1.31 bits per heavy atom. The largest absolute Gasteiger partial charge is 0.508 e. The topological polar surface area (TPSA) is 321 Å². The lowest BCUT2D eigenvalue weighted by Gasteiger charge is -2.21. The maximum atomic E-state index is 15.5. The van der Waals surface area contributed by atoms with Crippen LogP contribution in [0, 0.1) is 31.0 Å². The number of rotatable bonds is 15. The fourth-order valence-corrected chi connectivity index (χ4v) is 16.4. The summed E-state index contributed by atoms with van der Waals surface area (Å²) < 4.78 is 151. The highest BCUT2D eigenvalue weighted by Gasteiger charge is 2.51. The number of thiol groups is 1. The van der Waals surface area contributed by atoms with Gasteiger partial charge in [0.05, 0.1) is 63.5 Å². The van der Waals surface area contributed by atoms with Crippen LogP contribution < -0.4 is 11.4 Å². The molecular weight excluding hydrogens is 1870 g/mol. The smallest absolute Gasteiger partial charge is 0.416 e. The molecule has 4 heterocycles. The third-order valence-corrected chi connectivity index (χ3v) is 37.9. The fourth-order valence-electron chi connectivity index (χ4n) is 12.4. The number of tetrazole rings is 2. The Hall–Kier alpha value is -10.6. The molecule has 1 aliphatic heterocycles. The minimum atomic E-state index is -4.91. The number of phenolic OH excluding ortho intramolecular Hbond substituents is 2. The Morgan fingerprint density at radius 3 is 1.89 bits per heavy atom. The molecule has 122 heavy (non-hydrogen) atoms. The highest BCUT2D eigenvalue weighted by atomic mass is 79.9. The number of H-pyrrole nitrogens is 3. The number of imidazole rings is 1. The number of nitrogens with zero attached hydrogens (tertiary/aromatic N) is 12. The van der Waals surface area contributed by atoms with Crippen LogP contribution in [-0.2, 0) is 123 Å². The number of aromatic amines is 3. The quantitative estimate of drug-likeness (QED) is 0.0165. The van der Waals surface area contributed by atoms with Crippen molar-refractivity contribution in [2.24, 2.45) is 24.9 Å². The monoisotopic (exact) mass is 1920 g/mol. The predicted octanol–water partition coefficient (Wildman–Crippen LogP) is 18.6. The molecule has 0 unspecified atom stereocenters. The van der Waals surface area contributed by atoms with Crippen LogP contribution in [0.3, 0.4) is 0 Å². The van der Waals surface area contributed by atoms with Crippen LogP contribution in [0.4, 0.5) is 48.3 Å². The number of allylic oxidation sites excluding steroid dienone is 3. The van der Waals surface area contributed by atoms with Gasteiger partial charge in [0.25, 0.3) is 0 Å². The van der Waals surface area contributed by atoms with Crippen LogP contribution >= 0.6 is 51.4 Å². The number of nitrogens with one attached hydrogen (secondary N) is 3. The number of phenols is 2. The van der Waals surface area contributed by atoms with Crippen molar-refractivity contribution in [3.8, 4) is 46.0 Å². The lowest BCUT2D eigenvalue weighted by atomic mass is 9.88. The molecule has 43 heteroatoms. The highest BCUT2D eigenvalue weighted by Crippen LogP contribution is 2.48. The number of benzene rings is 9. The molecule has 15 rings (SSSR count).